The summed E-state index contributed by atoms with van der Waals surface area (Å²) in [6.07, 6.45) is 5.28. The summed E-state index contributed by atoms with van der Waals surface area (Å²) in [5.41, 5.74) is 5.14. The molecule has 0 fully saturated rings. The molecule has 1 aliphatic rings. The van der Waals surface area contributed by atoms with Crippen LogP contribution in [0.4, 0.5) is 5.69 Å². The molecule has 2 heterocycles. The molecule has 23 heavy (non-hydrogen) atoms. The Morgan fingerprint density at radius 3 is 3.13 bits per heavy atom. The minimum atomic E-state index is 0.442. The number of para-hydroxylation sites is 1. The monoisotopic (exact) mass is 306 g/mol. The quantitative estimate of drug-likeness (QED) is 0.690. The number of nitrogens with zero attached hydrogens (tertiary/aromatic N) is 1. The first-order valence-corrected chi connectivity index (χ1v) is 8.38. The van der Waals surface area contributed by atoms with E-state index in [4.69, 9.17) is 0 Å². The number of fused-ring (bicyclic) bond motifs is 2. The fourth-order valence-corrected chi connectivity index (χ4v) is 3.39. The van der Waals surface area contributed by atoms with Gasteiger partial charge in [-0.25, -0.2) is 0 Å². The lowest BCUT2D eigenvalue weighted by atomic mass is 10.0. The van der Waals surface area contributed by atoms with Gasteiger partial charge in [0.15, 0.2) is 0 Å². The van der Waals surface area contributed by atoms with Gasteiger partial charge in [-0.15, -0.1) is 0 Å². The fraction of sp³-hybridized carbons (Fsp3) is 0.316. The van der Waals surface area contributed by atoms with Gasteiger partial charge < -0.3 is 10.6 Å². The van der Waals surface area contributed by atoms with E-state index >= 15 is 0 Å². The Kier molecular flexibility index (Phi) is 3.99. The van der Waals surface area contributed by atoms with Gasteiger partial charge in [0.25, 0.3) is 0 Å². The number of benzene rings is 2. The van der Waals surface area contributed by atoms with Crippen molar-refractivity contribution in [1.29, 1.82) is 0 Å². The minimum absolute atomic E-state index is 0.442. The summed E-state index contributed by atoms with van der Waals surface area (Å²) >= 11 is 0. The second-order valence-electron chi connectivity index (χ2n) is 6.20. The van der Waals surface area contributed by atoms with E-state index in [0.29, 0.717) is 6.04 Å². The lowest BCUT2D eigenvalue weighted by molar-refractivity contribution is 0.501. The van der Waals surface area contributed by atoms with Gasteiger partial charge in [-0.1, -0.05) is 30.3 Å². The van der Waals surface area contributed by atoms with Gasteiger partial charge in [-0.2, -0.15) is 5.10 Å². The van der Waals surface area contributed by atoms with E-state index in [0.717, 1.165) is 25.0 Å². The van der Waals surface area contributed by atoms with Crippen LogP contribution in [0.2, 0.25) is 0 Å². The third-order valence-corrected chi connectivity index (χ3v) is 4.63. The molecule has 1 unspecified atom stereocenters. The van der Waals surface area contributed by atoms with Crippen molar-refractivity contribution in [3.63, 3.8) is 0 Å². The molecule has 1 atom stereocenters. The highest BCUT2D eigenvalue weighted by Crippen LogP contribution is 2.29. The molecule has 118 valence electrons. The van der Waals surface area contributed by atoms with Crippen molar-refractivity contribution >= 4 is 16.6 Å². The summed E-state index contributed by atoms with van der Waals surface area (Å²) in [4.78, 5) is 0. The maximum atomic E-state index is 4.08. The van der Waals surface area contributed by atoms with Crippen molar-refractivity contribution in [3.05, 3.63) is 59.8 Å². The number of anilines is 1. The summed E-state index contributed by atoms with van der Waals surface area (Å²) in [5, 5.41) is 15.6. The molecule has 4 rings (SSSR count). The van der Waals surface area contributed by atoms with Crippen molar-refractivity contribution in [1.82, 2.24) is 15.5 Å². The molecule has 0 aliphatic carbocycles. The Hall–Kier alpha value is -2.33. The van der Waals surface area contributed by atoms with Crippen LogP contribution in [-0.2, 0) is 6.42 Å². The number of hydrogen-bond donors (Lipinski definition) is 3. The van der Waals surface area contributed by atoms with Crippen LogP contribution in [0.1, 0.15) is 30.0 Å². The van der Waals surface area contributed by atoms with Crippen molar-refractivity contribution < 1.29 is 0 Å². The molecule has 4 nitrogen and oxygen atoms in total. The SMILES string of the molecule is c1ccc2c(c1)NCCCC2NCCc1ccc2cn[nH]c2c1. The molecule has 0 saturated carbocycles. The summed E-state index contributed by atoms with van der Waals surface area (Å²) in [5.74, 6) is 0. The molecule has 0 saturated heterocycles. The van der Waals surface area contributed by atoms with Crippen LogP contribution in [-0.4, -0.2) is 23.3 Å². The lowest BCUT2D eigenvalue weighted by Gasteiger charge is -2.19. The van der Waals surface area contributed by atoms with Crippen molar-refractivity contribution in [2.24, 2.45) is 0 Å². The zero-order valence-electron chi connectivity index (χ0n) is 13.2. The number of rotatable bonds is 4. The van der Waals surface area contributed by atoms with E-state index in [1.165, 1.54) is 35.0 Å². The highest BCUT2D eigenvalue weighted by molar-refractivity contribution is 5.78. The third-order valence-electron chi connectivity index (χ3n) is 4.63. The van der Waals surface area contributed by atoms with E-state index in [1.54, 1.807) is 0 Å². The van der Waals surface area contributed by atoms with Crippen molar-refractivity contribution in [2.45, 2.75) is 25.3 Å². The molecule has 1 aliphatic heterocycles. The molecule has 2 aromatic carbocycles. The number of nitrogens with one attached hydrogen (secondary N) is 3. The summed E-state index contributed by atoms with van der Waals surface area (Å²) < 4.78 is 0. The third kappa shape index (κ3) is 3.08. The van der Waals surface area contributed by atoms with Crippen LogP contribution in [0.15, 0.2) is 48.7 Å². The van der Waals surface area contributed by atoms with E-state index in [2.05, 4.69) is 63.3 Å². The van der Waals surface area contributed by atoms with Gasteiger partial charge >= 0.3 is 0 Å². The van der Waals surface area contributed by atoms with Gasteiger partial charge in [0.2, 0.25) is 0 Å². The molecule has 0 amide bonds. The van der Waals surface area contributed by atoms with Crippen LogP contribution >= 0.6 is 0 Å². The van der Waals surface area contributed by atoms with Crippen LogP contribution < -0.4 is 10.6 Å². The smallest absolute Gasteiger partial charge is 0.0653 e. The first-order valence-electron chi connectivity index (χ1n) is 8.38. The van der Waals surface area contributed by atoms with Crippen molar-refractivity contribution in [2.75, 3.05) is 18.4 Å². The van der Waals surface area contributed by atoms with E-state index < -0.39 is 0 Å². The summed E-state index contributed by atoms with van der Waals surface area (Å²) in [6.45, 7) is 2.05. The number of aromatic nitrogens is 2. The highest BCUT2D eigenvalue weighted by Gasteiger charge is 2.17. The fourth-order valence-electron chi connectivity index (χ4n) is 3.39. The maximum absolute atomic E-state index is 4.08. The zero-order valence-corrected chi connectivity index (χ0v) is 13.2. The first kappa shape index (κ1) is 14.3. The maximum Gasteiger partial charge on any atom is 0.0653 e. The van der Waals surface area contributed by atoms with E-state index in [9.17, 15) is 0 Å². The van der Waals surface area contributed by atoms with Crippen molar-refractivity contribution in [3.8, 4) is 0 Å². The second-order valence-corrected chi connectivity index (χ2v) is 6.20. The molecule has 0 radical (unpaired) electrons. The van der Waals surface area contributed by atoms with Gasteiger partial charge in [0, 0.05) is 23.7 Å². The average molecular weight is 306 g/mol. The number of H-pyrrole nitrogens is 1. The summed E-state index contributed by atoms with van der Waals surface area (Å²) in [6, 6.07) is 15.6. The predicted molar refractivity (Wildman–Crippen MR) is 94.7 cm³/mol. The van der Waals surface area contributed by atoms with E-state index in [1.807, 2.05) is 6.20 Å². The zero-order chi connectivity index (χ0) is 15.5. The van der Waals surface area contributed by atoms with Gasteiger partial charge in [-0.05, 0) is 49.1 Å². The molecule has 1 aromatic heterocycles. The summed E-state index contributed by atoms with van der Waals surface area (Å²) in [7, 11) is 0. The Balaban J connectivity index is 1.42. The molecule has 3 aromatic rings. The van der Waals surface area contributed by atoms with Gasteiger partial charge in [-0.3, -0.25) is 5.10 Å². The highest BCUT2D eigenvalue weighted by atomic mass is 15.1. The standard InChI is InChI=1S/C19H22N4/c1-2-5-17-16(4-1)18(6-3-10-20-17)21-11-9-14-7-8-15-13-22-23-19(15)12-14/h1-2,4-5,7-8,12-13,18,20-21H,3,6,9-11H2,(H,22,23). The number of hydrogen-bond acceptors (Lipinski definition) is 3. The minimum Gasteiger partial charge on any atom is -0.385 e. The molecule has 0 spiro atoms. The number of aromatic amines is 1. The molecule has 4 heteroatoms. The average Bonchev–Trinajstić information content (AvgIpc) is 2.95. The molecule has 0 bridgehead atoms. The Morgan fingerprint density at radius 1 is 1.17 bits per heavy atom. The predicted octanol–water partition coefficient (Wildman–Crippen LogP) is 3.64. The van der Waals surface area contributed by atoms with Crippen LogP contribution in [0, 0.1) is 0 Å². The van der Waals surface area contributed by atoms with Crippen LogP contribution in [0.3, 0.4) is 0 Å². The van der Waals surface area contributed by atoms with E-state index in [-0.39, 0.29) is 0 Å². The largest absolute Gasteiger partial charge is 0.385 e. The second kappa shape index (κ2) is 6.42. The Labute approximate surface area is 136 Å². The van der Waals surface area contributed by atoms with Crippen LogP contribution in [0.25, 0.3) is 10.9 Å². The van der Waals surface area contributed by atoms with Gasteiger partial charge in [0.1, 0.15) is 0 Å². The van der Waals surface area contributed by atoms with Crippen LogP contribution in [0.5, 0.6) is 0 Å². The Bertz CT molecular complexity index is 793. The lowest BCUT2D eigenvalue weighted by Crippen LogP contribution is -2.23. The van der Waals surface area contributed by atoms with Gasteiger partial charge in [0.05, 0.1) is 11.7 Å². The molecule has 3 N–H and O–H groups in total. The first-order chi connectivity index (χ1) is 11.4. The molecular weight excluding hydrogens is 284 g/mol. The molecular formula is C19H22N4. The topological polar surface area (TPSA) is 52.7 Å². The normalized spacial score (nSPS) is 17.5. The Morgan fingerprint density at radius 2 is 2.13 bits per heavy atom.